The van der Waals surface area contributed by atoms with E-state index in [-0.39, 0.29) is 11.9 Å². The molecule has 0 saturated heterocycles. The molecule has 2 aromatic rings. The number of thioether (sulfide) groups is 1. The lowest BCUT2D eigenvalue weighted by Gasteiger charge is -2.16. The van der Waals surface area contributed by atoms with Crippen LogP contribution in [0.3, 0.4) is 0 Å². The Labute approximate surface area is 117 Å². The highest BCUT2D eigenvalue weighted by molar-refractivity contribution is 7.99. The molecule has 4 heteroatoms. The zero-order chi connectivity index (χ0) is 13.7. The number of benzene rings is 1. The molecule has 1 aromatic heterocycles. The molecule has 0 amide bonds. The molecule has 1 N–H and O–H groups in total. The van der Waals surface area contributed by atoms with Crippen LogP contribution in [0.15, 0.2) is 47.6 Å². The van der Waals surface area contributed by atoms with Crippen LogP contribution >= 0.6 is 11.8 Å². The molecule has 1 atom stereocenters. The number of aromatic nitrogens is 1. The molecule has 0 aliphatic rings. The topological polar surface area (TPSA) is 24.9 Å². The van der Waals surface area contributed by atoms with Crippen LogP contribution in [-0.4, -0.2) is 17.8 Å². The summed E-state index contributed by atoms with van der Waals surface area (Å²) in [4.78, 5) is 5.12. The first-order valence-electron chi connectivity index (χ1n) is 6.16. The Kier molecular flexibility index (Phi) is 4.93. The van der Waals surface area contributed by atoms with Gasteiger partial charge >= 0.3 is 0 Å². The smallest absolute Gasteiger partial charge is 0.141 e. The van der Waals surface area contributed by atoms with E-state index in [1.807, 2.05) is 7.05 Å². The van der Waals surface area contributed by atoms with Crippen LogP contribution in [0.5, 0.6) is 0 Å². The number of rotatable bonds is 5. The van der Waals surface area contributed by atoms with Crippen LogP contribution in [0.25, 0.3) is 0 Å². The highest BCUT2D eigenvalue weighted by atomic mass is 32.2. The van der Waals surface area contributed by atoms with Crippen molar-refractivity contribution in [1.82, 2.24) is 10.3 Å². The van der Waals surface area contributed by atoms with Gasteiger partial charge in [-0.25, -0.2) is 4.39 Å². The molecule has 0 bridgehead atoms. The highest BCUT2D eigenvalue weighted by Crippen LogP contribution is 2.25. The van der Waals surface area contributed by atoms with E-state index in [2.05, 4.69) is 41.5 Å². The second-order valence-electron chi connectivity index (χ2n) is 4.41. The summed E-state index contributed by atoms with van der Waals surface area (Å²) >= 11 is 1.76. The molecule has 1 heterocycles. The van der Waals surface area contributed by atoms with Crippen LogP contribution < -0.4 is 5.32 Å². The molecule has 1 aromatic carbocycles. The summed E-state index contributed by atoms with van der Waals surface area (Å²) in [5.74, 6) is 0.545. The quantitative estimate of drug-likeness (QED) is 0.845. The second kappa shape index (κ2) is 6.68. The molecule has 1 unspecified atom stereocenters. The van der Waals surface area contributed by atoms with Crippen LogP contribution in [0.1, 0.15) is 17.2 Å². The maximum atomic E-state index is 13.2. The average molecular weight is 276 g/mol. The maximum Gasteiger partial charge on any atom is 0.141 e. The number of nitrogens with zero attached hydrogens (tertiary/aromatic N) is 1. The molecule has 0 fully saturated rings. The maximum absolute atomic E-state index is 13.2. The van der Waals surface area contributed by atoms with E-state index in [0.29, 0.717) is 0 Å². The summed E-state index contributed by atoms with van der Waals surface area (Å²) < 4.78 is 13.2. The lowest BCUT2D eigenvalue weighted by atomic mass is 10.1. The van der Waals surface area contributed by atoms with E-state index in [0.717, 1.165) is 11.3 Å². The first-order valence-corrected chi connectivity index (χ1v) is 7.15. The zero-order valence-electron chi connectivity index (χ0n) is 11.1. The van der Waals surface area contributed by atoms with Gasteiger partial charge in [0.25, 0.3) is 0 Å². The molecule has 100 valence electrons. The van der Waals surface area contributed by atoms with Crippen LogP contribution in [-0.2, 0) is 0 Å². The summed E-state index contributed by atoms with van der Waals surface area (Å²) in [5, 5.41) is 3.20. The van der Waals surface area contributed by atoms with E-state index in [4.69, 9.17) is 0 Å². The van der Waals surface area contributed by atoms with Gasteiger partial charge in [0.1, 0.15) is 5.82 Å². The number of pyridine rings is 1. The van der Waals surface area contributed by atoms with Gasteiger partial charge in [0.15, 0.2) is 0 Å². The predicted octanol–water partition coefficient (Wildman–Crippen LogP) is 3.58. The van der Waals surface area contributed by atoms with Gasteiger partial charge in [-0.05, 0) is 37.7 Å². The molecular weight excluding hydrogens is 259 g/mol. The van der Waals surface area contributed by atoms with Crippen LogP contribution in [0, 0.1) is 12.7 Å². The summed E-state index contributed by atoms with van der Waals surface area (Å²) in [6, 6.07) is 10.0. The van der Waals surface area contributed by atoms with Crippen molar-refractivity contribution in [2.75, 3.05) is 12.8 Å². The Bertz CT molecular complexity index is 545. The van der Waals surface area contributed by atoms with E-state index in [9.17, 15) is 4.39 Å². The fraction of sp³-hybridized carbons (Fsp3) is 0.267. The van der Waals surface area contributed by atoms with Crippen LogP contribution in [0.4, 0.5) is 4.39 Å². The summed E-state index contributed by atoms with van der Waals surface area (Å²) in [7, 11) is 1.88. The molecule has 19 heavy (non-hydrogen) atoms. The number of aryl methyl sites for hydroxylation is 1. The number of hydrogen-bond donors (Lipinski definition) is 1. The lowest BCUT2D eigenvalue weighted by Crippen LogP contribution is -2.19. The molecule has 0 aliphatic heterocycles. The van der Waals surface area contributed by atoms with Gasteiger partial charge in [-0.15, -0.1) is 11.8 Å². The van der Waals surface area contributed by atoms with Gasteiger partial charge in [-0.1, -0.05) is 17.7 Å². The Morgan fingerprint density at radius 3 is 2.84 bits per heavy atom. The van der Waals surface area contributed by atoms with Crippen molar-refractivity contribution in [3.63, 3.8) is 0 Å². The van der Waals surface area contributed by atoms with Crippen molar-refractivity contribution in [3.8, 4) is 0 Å². The standard InChI is InChI=1S/C15H17FN2S/c1-11-4-3-5-14(6-11)19-10-15(17-2)12-7-13(16)9-18-8-12/h3-9,15,17H,10H2,1-2H3. The molecule has 0 spiro atoms. The number of nitrogens with one attached hydrogen (secondary N) is 1. The Morgan fingerprint density at radius 2 is 2.16 bits per heavy atom. The fourth-order valence-corrected chi connectivity index (χ4v) is 3.01. The fourth-order valence-electron chi connectivity index (χ4n) is 1.85. The van der Waals surface area contributed by atoms with Gasteiger partial charge in [0, 0.05) is 22.9 Å². The largest absolute Gasteiger partial charge is 0.312 e. The number of halogens is 1. The minimum atomic E-state index is -0.293. The minimum absolute atomic E-state index is 0.0914. The van der Waals surface area contributed by atoms with Crippen molar-refractivity contribution in [2.24, 2.45) is 0 Å². The Balaban J connectivity index is 2.04. The Morgan fingerprint density at radius 1 is 1.32 bits per heavy atom. The van der Waals surface area contributed by atoms with E-state index in [1.165, 1.54) is 22.7 Å². The van der Waals surface area contributed by atoms with E-state index >= 15 is 0 Å². The van der Waals surface area contributed by atoms with Crippen molar-refractivity contribution in [2.45, 2.75) is 17.9 Å². The predicted molar refractivity (Wildman–Crippen MR) is 77.9 cm³/mol. The molecule has 2 rings (SSSR count). The third kappa shape index (κ3) is 4.04. The van der Waals surface area contributed by atoms with Gasteiger partial charge in [-0.2, -0.15) is 0 Å². The van der Waals surface area contributed by atoms with Crippen molar-refractivity contribution in [3.05, 3.63) is 59.7 Å². The third-order valence-corrected chi connectivity index (χ3v) is 3.97. The van der Waals surface area contributed by atoms with Gasteiger partial charge in [0.2, 0.25) is 0 Å². The monoisotopic (exact) mass is 276 g/mol. The summed E-state index contributed by atoms with van der Waals surface area (Å²) in [6.45, 7) is 2.08. The van der Waals surface area contributed by atoms with Gasteiger partial charge in [0.05, 0.1) is 6.20 Å². The van der Waals surface area contributed by atoms with Gasteiger partial charge < -0.3 is 5.32 Å². The Hall–Kier alpha value is -1.39. The SMILES string of the molecule is CNC(CSc1cccc(C)c1)c1cncc(F)c1. The van der Waals surface area contributed by atoms with Crippen molar-refractivity contribution >= 4 is 11.8 Å². The van der Waals surface area contributed by atoms with E-state index in [1.54, 1.807) is 18.0 Å². The minimum Gasteiger partial charge on any atom is -0.312 e. The van der Waals surface area contributed by atoms with Crippen molar-refractivity contribution < 1.29 is 4.39 Å². The number of hydrogen-bond acceptors (Lipinski definition) is 3. The highest BCUT2D eigenvalue weighted by Gasteiger charge is 2.11. The average Bonchev–Trinajstić information content (AvgIpc) is 2.40. The molecular formula is C15H17FN2S. The lowest BCUT2D eigenvalue weighted by molar-refractivity contribution is 0.603. The van der Waals surface area contributed by atoms with Crippen molar-refractivity contribution in [1.29, 1.82) is 0 Å². The first-order chi connectivity index (χ1) is 9.19. The second-order valence-corrected chi connectivity index (χ2v) is 5.50. The molecule has 0 radical (unpaired) electrons. The molecule has 0 saturated carbocycles. The molecule has 2 nitrogen and oxygen atoms in total. The zero-order valence-corrected chi connectivity index (χ0v) is 11.9. The van der Waals surface area contributed by atoms with Gasteiger partial charge in [-0.3, -0.25) is 4.98 Å². The third-order valence-electron chi connectivity index (χ3n) is 2.88. The summed E-state index contributed by atoms with van der Waals surface area (Å²) in [6.07, 6.45) is 2.94. The molecule has 0 aliphatic carbocycles. The summed E-state index contributed by atoms with van der Waals surface area (Å²) in [5.41, 5.74) is 2.13. The van der Waals surface area contributed by atoms with E-state index < -0.39 is 0 Å². The van der Waals surface area contributed by atoms with Crippen LogP contribution in [0.2, 0.25) is 0 Å². The normalized spacial score (nSPS) is 12.4. The first kappa shape index (κ1) is 14.0.